The van der Waals surface area contributed by atoms with E-state index in [9.17, 15) is 0 Å². The largest absolute Gasteiger partial charge is 0.327 e. The second-order valence-electron chi connectivity index (χ2n) is 3.79. The van der Waals surface area contributed by atoms with Crippen molar-refractivity contribution in [2.45, 2.75) is 39.5 Å². The molecule has 1 aliphatic rings. The Hall–Kier alpha value is -0.300. The van der Waals surface area contributed by atoms with Gasteiger partial charge in [-0.1, -0.05) is 24.5 Å². The minimum atomic E-state index is 0.752. The molecule has 1 aliphatic carbocycles. The van der Waals surface area contributed by atoms with E-state index in [-0.39, 0.29) is 0 Å². The van der Waals surface area contributed by atoms with E-state index in [0.717, 1.165) is 12.5 Å². The second-order valence-corrected chi connectivity index (χ2v) is 3.79. The summed E-state index contributed by atoms with van der Waals surface area (Å²) >= 11 is 0. The molecule has 0 aliphatic heterocycles. The number of hydrogen-bond donors (Lipinski definition) is 1. The van der Waals surface area contributed by atoms with E-state index in [1.165, 1.54) is 31.3 Å². The summed E-state index contributed by atoms with van der Waals surface area (Å²) in [5, 5.41) is 0. The summed E-state index contributed by atoms with van der Waals surface area (Å²) in [5.74, 6) is 0.889. The highest BCUT2D eigenvalue weighted by Gasteiger charge is 2.13. The number of allylic oxidation sites excluding steroid dienone is 1. The SMILES string of the molecule is C/C(CN)=C1\CCCC(C)C1. The van der Waals surface area contributed by atoms with Crippen LogP contribution in [0.4, 0.5) is 0 Å². The lowest BCUT2D eigenvalue weighted by atomic mass is 9.84. The minimum absolute atomic E-state index is 0.752. The van der Waals surface area contributed by atoms with Crippen LogP contribution in [0.5, 0.6) is 0 Å². The molecular weight excluding hydrogens is 134 g/mol. The Kier molecular flexibility index (Phi) is 3.13. The van der Waals surface area contributed by atoms with E-state index in [0.29, 0.717) is 0 Å². The molecular formula is C10H19N. The van der Waals surface area contributed by atoms with Gasteiger partial charge in [-0.15, -0.1) is 0 Å². The average Bonchev–Trinajstić information content (AvgIpc) is 2.03. The molecule has 0 aromatic heterocycles. The number of hydrogen-bond acceptors (Lipinski definition) is 1. The maximum absolute atomic E-state index is 5.59. The van der Waals surface area contributed by atoms with E-state index in [1.807, 2.05) is 0 Å². The first-order valence-corrected chi connectivity index (χ1v) is 4.61. The van der Waals surface area contributed by atoms with Gasteiger partial charge in [-0.2, -0.15) is 0 Å². The first-order chi connectivity index (χ1) is 5.24. The van der Waals surface area contributed by atoms with Gasteiger partial charge in [0.25, 0.3) is 0 Å². The topological polar surface area (TPSA) is 26.0 Å². The molecule has 0 spiro atoms. The molecule has 0 aromatic rings. The quantitative estimate of drug-likeness (QED) is 0.575. The van der Waals surface area contributed by atoms with Crippen LogP contribution in [0, 0.1) is 5.92 Å². The van der Waals surface area contributed by atoms with E-state index >= 15 is 0 Å². The van der Waals surface area contributed by atoms with Crippen molar-refractivity contribution in [3.05, 3.63) is 11.1 Å². The Morgan fingerprint density at radius 2 is 2.36 bits per heavy atom. The summed E-state index contributed by atoms with van der Waals surface area (Å²) in [6.07, 6.45) is 5.37. The van der Waals surface area contributed by atoms with Crippen LogP contribution in [0.3, 0.4) is 0 Å². The van der Waals surface area contributed by atoms with Crippen molar-refractivity contribution in [2.24, 2.45) is 11.7 Å². The maximum atomic E-state index is 5.59. The predicted molar refractivity (Wildman–Crippen MR) is 49.4 cm³/mol. The molecule has 0 saturated heterocycles. The summed E-state index contributed by atoms with van der Waals surface area (Å²) in [7, 11) is 0. The molecule has 0 radical (unpaired) electrons. The van der Waals surface area contributed by atoms with Crippen molar-refractivity contribution in [1.29, 1.82) is 0 Å². The van der Waals surface area contributed by atoms with Gasteiger partial charge >= 0.3 is 0 Å². The van der Waals surface area contributed by atoms with Gasteiger partial charge in [0.15, 0.2) is 0 Å². The van der Waals surface area contributed by atoms with Gasteiger partial charge in [-0.25, -0.2) is 0 Å². The Morgan fingerprint density at radius 1 is 1.64 bits per heavy atom. The van der Waals surface area contributed by atoms with Gasteiger partial charge in [0.2, 0.25) is 0 Å². The zero-order valence-electron chi connectivity index (χ0n) is 7.69. The normalized spacial score (nSPS) is 30.3. The van der Waals surface area contributed by atoms with Crippen LogP contribution in [0.15, 0.2) is 11.1 Å². The molecule has 11 heavy (non-hydrogen) atoms. The van der Waals surface area contributed by atoms with Crippen LogP contribution >= 0.6 is 0 Å². The van der Waals surface area contributed by atoms with Crippen LogP contribution in [0.2, 0.25) is 0 Å². The van der Waals surface area contributed by atoms with Gasteiger partial charge in [-0.3, -0.25) is 0 Å². The molecule has 2 N–H and O–H groups in total. The van der Waals surface area contributed by atoms with E-state index in [1.54, 1.807) is 5.57 Å². The highest BCUT2D eigenvalue weighted by molar-refractivity contribution is 5.15. The molecule has 1 atom stereocenters. The van der Waals surface area contributed by atoms with Crippen molar-refractivity contribution < 1.29 is 0 Å². The molecule has 1 heteroatoms. The van der Waals surface area contributed by atoms with Crippen molar-refractivity contribution in [2.75, 3.05) is 6.54 Å². The third kappa shape index (κ3) is 2.33. The van der Waals surface area contributed by atoms with Crippen LogP contribution in [0.25, 0.3) is 0 Å². The Bertz CT molecular complexity index is 158. The van der Waals surface area contributed by atoms with Crippen LogP contribution < -0.4 is 5.73 Å². The second kappa shape index (κ2) is 3.91. The summed E-state index contributed by atoms with van der Waals surface area (Å²) in [4.78, 5) is 0. The number of nitrogens with two attached hydrogens (primary N) is 1. The molecule has 1 rings (SSSR count). The van der Waals surface area contributed by atoms with Gasteiger partial charge in [0.1, 0.15) is 0 Å². The lowest BCUT2D eigenvalue weighted by Crippen LogP contribution is -2.10. The van der Waals surface area contributed by atoms with Crippen LogP contribution in [-0.2, 0) is 0 Å². The zero-order chi connectivity index (χ0) is 8.27. The fourth-order valence-electron chi connectivity index (χ4n) is 1.82. The summed E-state index contributed by atoms with van der Waals surface area (Å²) in [6, 6.07) is 0. The maximum Gasteiger partial charge on any atom is 0.0136 e. The van der Waals surface area contributed by atoms with Crippen molar-refractivity contribution in [3.63, 3.8) is 0 Å². The summed E-state index contributed by atoms with van der Waals surface area (Å²) in [6.45, 7) is 5.26. The molecule has 1 unspecified atom stereocenters. The Labute approximate surface area is 69.7 Å². The zero-order valence-corrected chi connectivity index (χ0v) is 7.69. The monoisotopic (exact) mass is 153 g/mol. The molecule has 1 fully saturated rings. The fourth-order valence-corrected chi connectivity index (χ4v) is 1.82. The molecule has 0 heterocycles. The van der Waals surface area contributed by atoms with Crippen LogP contribution in [0.1, 0.15) is 39.5 Å². The Morgan fingerprint density at radius 3 is 2.91 bits per heavy atom. The molecule has 64 valence electrons. The van der Waals surface area contributed by atoms with E-state index in [2.05, 4.69) is 13.8 Å². The highest BCUT2D eigenvalue weighted by atomic mass is 14.5. The molecule has 1 nitrogen and oxygen atoms in total. The molecule has 0 amide bonds. The van der Waals surface area contributed by atoms with Crippen LogP contribution in [-0.4, -0.2) is 6.54 Å². The third-order valence-corrected chi connectivity index (χ3v) is 2.68. The molecule has 0 aromatic carbocycles. The van der Waals surface area contributed by atoms with Gasteiger partial charge < -0.3 is 5.73 Å². The van der Waals surface area contributed by atoms with Gasteiger partial charge in [-0.05, 0) is 32.1 Å². The smallest absolute Gasteiger partial charge is 0.0136 e. The average molecular weight is 153 g/mol. The van der Waals surface area contributed by atoms with Gasteiger partial charge in [0, 0.05) is 6.54 Å². The lowest BCUT2D eigenvalue weighted by molar-refractivity contribution is 0.449. The first-order valence-electron chi connectivity index (χ1n) is 4.61. The third-order valence-electron chi connectivity index (χ3n) is 2.68. The van der Waals surface area contributed by atoms with E-state index < -0.39 is 0 Å². The van der Waals surface area contributed by atoms with Crippen molar-refractivity contribution in [1.82, 2.24) is 0 Å². The predicted octanol–water partition coefficient (Wildman–Crippen LogP) is 2.47. The van der Waals surface area contributed by atoms with E-state index in [4.69, 9.17) is 5.73 Å². The molecule has 1 saturated carbocycles. The van der Waals surface area contributed by atoms with Crippen molar-refractivity contribution >= 4 is 0 Å². The summed E-state index contributed by atoms with van der Waals surface area (Å²) < 4.78 is 0. The number of rotatable bonds is 1. The van der Waals surface area contributed by atoms with Gasteiger partial charge in [0.05, 0.1) is 0 Å². The summed E-state index contributed by atoms with van der Waals surface area (Å²) in [5.41, 5.74) is 8.65. The minimum Gasteiger partial charge on any atom is -0.327 e. The van der Waals surface area contributed by atoms with Crippen molar-refractivity contribution in [3.8, 4) is 0 Å². The standard InChI is InChI=1S/C10H19N/c1-8-4-3-5-10(6-8)9(2)7-11/h8H,3-7,11H2,1-2H3/b10-9-. The highest BCUT2D eigenvalue weighted by Crippen LogP contribution is 2.29. The molecule has 0 bridgehead atoms. The fraction of sp³-hybridized carbons (Fsp3) is 0.800. The lowest BCUT2D eigenvalue weighted by Gasteiger charge is -2.22. The Balaban J connectivity index is 2.58. The first kappa shape index (κ1) is 8.79.